The van der Waals surface area contributed by atoms with Crippen molar-refractivity contribution in [3.63, 3.8) is 0 Å². The van der Waals surface area contributed by atoms with Crippen LogP contribution in [0.3, 0.4) is 0 Å². The van der Waals surface area contributed by atoms with Gasteiger partial charge in [-0.15, -0.1) is 0 Å². The summed E-state index contributed by atoms with van der Waals surface area (Å²) in [7, 11) is 0. The monoisotopic (exact) mass is 207 g/mol. The average molecular weight is 207 g/mol. The number of carbonyl (C=O) groups excluding carboxylic acids is 1. The summed E-state index contributed by atoms with van der Waals surface area (Å²) in [5.74, 6) is 4.83. The lowest BCUT2D eigenvalue weighted by atomic mass is 10.1. The molecule has 82 valence electrons. The van der Waals surface area contributed by atoms with Crippen LogP contribution >= 0.6 is 0 Å². The highest BCUT2D eigenvalue weighted by atomic mass is 16.2. The molecule has 0 saturated carbocycles. The summed E-state index contributed by atoms with van der Waals surface area (Å²) in [6.07, 6.45) is 0.331. The van der Waals surface area contributed by atoms with E-state index in [1.54, 1.807) is 0 Å². The summed E-state index contributed by atoms with van der Waals surface area (Å²) < 4.78 is 0. The highest BCUT2D eigenvalue weighted by Gasteiger charge is 2.00. The van der Waals surface area contributed by atoms with Gasteiger partial charge in [0, 0.05) is 6.54 Å². The number of amides is 1. The Hall–Kier alpha value is -1.39. The zero-order valence-electron chi connectivity index (χ0n) is 8.92. The first-order chi connectivity index (χ1) is 7.26. The van der Waals surface area contributed by atoms with Crippen LogP contribution in [0.4, 0.5) is 0 Å². The van der Waals surface area contributed by atoms with Crippen LogP contribution in [0.1, 0.15) is 18.1 Å². The van der Waals surface area contributed by atoms with Crippen molar-refractivity contribution in [1.29, 1.82) is 0 Å². The first kappa shape index (κ1) is 11.7. The summed E-state index contributed by atoms with van der Waals surface area (Å²) in [5.41, 5.74) is 4.30. The number of hydrogen-bond donors (Lipinski definition) is 3. The maximum absolute atomic E-state index is 11.0. The number of benzene rings is 1. The van der Waals surface area contributed by atoms with Gasteiger partial charge < -0.3 is 5.32 Å². The van der Waals surface area contributed by atoms with Crippen molar-refractivity contribution < 1.29 is 4.79 Å². The van der Waals surface area contributed by atoms with Gasteiger partial charge in [0.1, 0.15) is 0 Å². The van der Waals surface area contributed by atoms with Crippen molar-refractivity contribution >= 4 is 5.91 Å². The van der Waals surface area contributed by atoms with Gasteiger partial charge in [-0.25, -0.2) is 5.84 Å². The van der Waals surface area contributed by atoms with E-state index in [9.17, 15) is 4.79 Å². The van der Waals surface area contributed by atoms with Crippen LogP contribution in [0.5, 0.6) is 0 Å². The minimum absolute atomic E-state index is 0.172. The molecule has 0 heterocycles. The van der Waals surface area contributed by atoms with Gasteiger partial charge in [0.15, 0.2) is 0 Å². The van der Waals surface area contributed by atoms with Gasteiger partial charge in [-0.05, 0) is 17.7 Å². The van der Waals surface area contributed by atoms with E-state index in [2.05, 4.69) is 17.7 Å². The molecule has 0 unspecified atom stereocenters. The SMILES string of the molecule is CCNCc1ccc(CC(=O)NN)cc1. The molecular formula is C11H17N3O. The third-order valence-corrected chi connectivity index (χ3v) is 2.13. The Labute approximate surface area is 89.8 Å². The first-order valence-electron chi connectivity index (χ1n) is 5.04. The third-order valence-electron chi connectivity index (χ3n) is 2.13. The Balaban J connectivity index is 2.52. The molecule has 0 aromatic heterocycles. The molecule has 1 amide bonds. The molecule has 0 bridgehead atoms. The van der Waals surface area contributed by atoms with Gasteiger partial charge in [-0.1, -0.05) is 31.2 Å². The number of hydrogen-bond acceptors (Lipinski definition) is 3. The fourth-order valence-corrected chi connectivity index (χ4v) is 1.28. The Morgan fingerprint density at radius 1 is 1.27 bits per heavy atom. The van der Waals surface area contributed by atoms with E-state index >= 15 is 0 Å². The molecule has 0 aliphatic heterocycles. The number of carbonyl (C=O) groups is 1. The van der Waals surface area contributed by atoms with Crippen molar-refractivity contribution in [2.75, 3.05) is 6.54 Å². The second kappa shape index (κ2) is 6.16. The van der Waals surface area contributed by atoms with E-state index in [0.717, 1.165) is 18.7 Å². The van der Waals surface area contributed by atoms with E-state index in [1.807, 2.05) is 24.3 Å². The number of rotatable bonds is 5. The van der Waals surface area contributed by atoms with Gasteiger partial charge >= 0.3 is 0 Å². The van der Waals surface area contributed by atoms with E-state index in [4.69, 9.17) is 5.84 Å². The highest BCUT2D eigenvalue weighted by molar-refractivity contribution is 5.77. The van der Waals surface area contributed by atoms with Crippen molar-refractivity contribution in [3.8, 4) is 0 Å². The van der Waals surface area contributed by atoms with Crippen molar-refractivity contribution in [3.05, 3.63) is 35.4 Å². The molecule has 4 heteroatoms. The summed E-state index contributed by atoms with van der Waals surface area (Å²) in [6, 6.07) is 7.92. The molecule has 4 N–H and O–H groups in total. The van der Waals surface area contributed by atoms with E-state index in [1.165, 1.54) is 5.56 Å². The summed E-state index contributed by atoms with van der Waals surface area (Å²) in [4.78, 5) is 11.0. The average Bonchev–Trinajstić information content (AvgIpc) is 2.28. The predicted octanol–water partition coefficient (Wildman–Crippen LogP) is 0.329. The van der Waals surface area contributed by atoms with Crippen LogP contribution in [0, 0.1) is 0 Å². The Morgan fingerprint density at radius 2 is 1.87 bits per heavy atom. The standard InChI is InChI=1S/C11H17N3O/c1-2-13-8-10-5-3-9(4-6-10)7-11(15)14-12/h3-6,13H,2,7-8,12H2,1H3,(H,14,15). The van der Waals surface area contributed by atoms with E-state index < -0.39 is 0 Å². The van der Waals surface area contributed by atoms with Crippen LogP contribution in [-0.2, 0) is 17.8 Å². The summed E-state index contributed by atoms with van der Waals surface area (Å²) in [6.45, 7) is 3.89. The Bertz CT molecular complexity index is 308. The minimum Gasteiger partial charge on any atom is -0.313 e. The largest absolute Gasteiger partial charge is 0.313 e. The molecule has 0 aliphatic carbocycles. The molecule has 0 spiro atoms. The summed E-state index contributed by atoms with van der Waals surface area (Å²) >= 11 is 0. The van der Waals surface area contributed by atoms with Gasteiger partial charge in [0.2, 0.25) is 5.91 Å². The van der Waals surface area contributed by atoms with Crippen molar-refractivity contribution in [1.82, 2.24) is 10.7 Å². The number of nitrogens with one attached hydrogen (secondary N) is 2. The van der Waals surface area contributed by atoms with Crippen molar-refractivity contribution in [2.24, 2.45) is 5.84 Å². The van der Waals surface area contributed by atoms with Gasteiger partial charge in [-0.3, -0.25) is 10.2 Å². The Morgan fingerprint density at radius 3 is 2.40 bits per heavy atom. The van der Waals surface area contributed by atoms with E-state index in [-0.39, 0.29) is 5.91 Å². The first-order valence-corrected chi connectivity index (χ1v) is 5.04. The highest BCUT2D eigenvalue weighted by Crippen LogP contribution is 2.04. The molecule has 1 aromatic rings. The second-order valence-corrected chi connectivity index (χ2v) is 3.34. The molecule has 0 saturated heterocycles. The topological polar surface area (TPSA) is 67.2 Å². The lowest BCUT2D eigenvalue weighted by Crippen LogP contribution is -2.31. The molecule has 1 aromatic carbocycles. The lowest BCUT2D eigenvalue weighted by Gasteiger charge is -2.04. The molecule has 0 atom stereocenters. The van der Waals surface area contributed by atoms with Gasteiger partial charge in [-0.2, -0.15) is 0 Å². The molecule has 0 aliphatic rings. The van der Waals surface area contributed by atoms with Gasteiger partial charge in [0.25, 0.3) is 0 Å². The third kappa shape index (κ3) is 4.10. The van der Waals surface area contributed by atoms with Crippen LogP contribution in [0.25, 0.3) is 0 Å². The maximum Gasteiger partial charge on any atom is 0.238 e. The van der Waals surface area contributed by atoms with Crippen LogP contribution in [-0.4, -0.2) is 12.5 Å². The zero-order chi connectivity index (χ0) is 11.1. The molecule has 15 heavy (non-hydrogen) atoms. The summed E-state index contributed by atoms with van der Waals surface area (Å²) in [5, 5.41) is 3.24. The fraction of sp³-hybridized carbons (Fsp3) is 0.364. The van der Waals surface area contributed by atoms with Crippen LogP contribution in [0.15, 0.2) is 24.3 Å². The maximum atomic E-state index is 11.0. The van der Waals surface area contributed by atoms with E-state index in [0.29, 0.717) is 6.42 Å². The fourth-order valence-electron chi connectivity index (χ4n) is 1.28. The minimum atomic E-state index is -0.172. The molecular weight excluding hydrogens is 190 g/mol. The number of hydrazine groups is 1. The zero-order valence-corrected chi connectivity index (χ0v) is 8.92. The van der Waals surface area contributed by atoms with Crippen molar-refractivity contribution in [2.45, 2.75) is 19.9 Å². The second-order valence-electron chi connectivity index (χ2n) is 3.34. The molecule has 0 radical (unpaired) electrons. The normalized spacial score (nSPS) is 10.0. The molecule has 4 nitrogen and oxygen atoms in total. The molecule has 1 rings (SSSR count). The number of nitrogens with two attached hydrogens (primary N) is 1. The Kier molecular flexibility index (Phi) is 4.80. The quantitative estimate of drug-likeness (QED) is 0.370. The van der Waals surface area contributed by atoms with Crippen LogP contribution in [0.2, 0.25) is 0 Å². The van der Waals surface area contributed by atoms with Gasteiger partial charge in [0.05, 0.1) is 6.42 Å². The molecule has 0 fully saturated rings. The lowest BCUT2D eigenvalue weighted by molar-refractivity contribution is -0.120. The van der Waals surface area contributed by atoms with Crippen LogP contribution < -0.4 is 16.6 Å². The predicted molar refractivity (Wildman–Crippen MR) is 59.9 cm³/mol. The smallest absolute Gasteiger partial charge is 0.238 e.